The van der Waals surface area contributed by atoms with E-state index in [9.17, 15) is 14.7 Å². The largest absolute Gasteiger partial charge is 0.481 e. The van der Waals surface area contributed by atoms with Crippen LogP contribution in [0.1, 0.15) is 31.2 Å². The van der Waals surface area contributed by atoms with Crippen LogP contribution in [0.2, 0.25) is 0 Å². The molecule has 0 radical (unpaired) electrons. The Bertz CT molecular complexity index is 1020. The van der Waals surface area contributed by atoms with Crippen LogP contribution in [-0.2, 0) is 15.3 Å². The molecule has 2 N–H and O–H groups in total. The van der Waals surface area contributed by atoms with Gasteiger partial charge >= 0.3 is 5.97 Å². The second kappa shape index (κ2) is 8.97. The number of benzene rings is 2. The number of nitrogens with zero attached hydrogens (tertiary/aromatic N) is 1. The third-order valence-electron chi connectivity index (χ3n) is 5.26. The van der Waals surface area contributed by atoms with Crippen molar-refractivity contribution >= 4 is 50.9 Å². The fraction of sp³-hybridized carbons (Fsp3) is 0.318. The monoisotopic (exact) mass is 426 g/mol. The van der Waals surface area contributed by atoms with Crippen molar-refractivity contribution in [3.63, 3.8) is 0 Å². The number of nitrogens with one attached hydrogen (secondary N) is 1. The highest BCUT2D eigenvalue weighted by Crippen LogP contribution is 2.34. The maximum atomic E-state index is 12.7. The van der Waals surface area contributed by atoms with Gasteiger partial charge < -0.3 is 10.4 Å². The molecule has 29 heavy (non-hydrogen) atoms. The van der Waals surface area contributed by atoms with Crippen LogP contribution < -0.4 is 5.32 Å². The minimum Gasteiger partial charge on any atom is -0.481 e. The number of carboxylic acid groups (broad SMARTS) is 1. The number of aliphatic carboxylic acids is 1. The summed E-state index contributed by atoms with van der Waals surface area (Å²) in [5.41, 5.74) is 2.86. The van der Waals surface area contributed by atoms with E-state index in [2.05, 4.69) is 22.4 Å². The molecule has 1 amide bonds. The SMILES string of the molecule is O=C(O)C1CCCCC1C(=O)Nc1ccc2nc(SCc3ccccc3)sc2c1. The minimum absolute atomic E-state index is 0.195. The van der Waals surface area contributed by atoms with Crippen molar-refractivity contribution in [2.75, 3.05) is 5.32 Å². The van der Waals surface area contributed by atoms with Gasteiger partial charge in [-0.1, -0.05) is 54.9 Å². The number of thiazole rings is 1. The number of fused-ring (bicyclic) bond motifs is 1. The van der Waals surface area contributed by atoms with Crippen molar-refractivity contribution in [3.05, 3.63) is 54.1 Å². The molecule has 1 fully saturated rings. The molecular formula is C22H22N2O3S2. The number of anilines is 1. The predicted octanol–water partition coefficient (Wildman–Crippen LogP) is 5.42. The van der Waals surface area contributed by atoms with E-state index >= 15 is 0 Å². The topological polar surface area (TPSA) is 79.3 Å². The van der Waals surface area contributed by atoms with E-state index in [-0.39, 0.29) is 5.91 Å². The van der Waals surface area contributed by atoms with E-state index in [4.69, 9.17) is 0 Å². The van der Waals surface area contributed by atoms with Crippen LogP contribution in [-0.4, -0.2) is 22.0 Å². The summed E-state index contributed by atoms with van der Waals surface area (Å²) in [5, 5.41) is 12.3. The molecule has 7 heteroatoms. The van der Waals surface area contributed by atoms with E-state index in [0.717, 1.165) is 33.2 Å². The molecule has 0 spiro atoms. The third kappa shape index (κ3) is 4.79. The number of rotatable bonds is 6. The van der Waals surface area contributed by atoms with Crippen LogP contribution in [0.5, 0.6) is 0 Å². The number of thioether (sulfide) groups is 1. The summed E-state index contributed by atoms with van der Waals surface area (Å²) in [6.45, 7) is 0. The Balaban J connectivity index is 1.44. The highest BCUT2D eigenvalue weighted by molar-refractivity contribution is 8.00. The molecule has 1 aliphatic rings. The first-order valence-corrected chi connectivity index (χ1v) is 11.5. The lowest BCUT2D eigenvalue weighted by Gasteiger charge is -2.27. The minimum atomic E-state index is -0.872. The van der Waals surface area contributed by atoms with Gasteiger partial charge in [-0.25, -0.2) is 4.98 Å². The summed E-state index contributed by atoms with van der Waals surface area (Å²) >= 11 is 3.31. The zero-order valence-corrected chi connectivity index (χ0v) is 17.5. The highest BCUT2D eigenvalue weighted by Gasteiger charge is 2.35. The molecule has 1 heterocycles. The summed E-state index contributed by atoms with van der Waals surface area (Å²) in [7, 11) is 0. The second-order valence-electron chi connectivity index (χ2n) is 7.26. The standard InChI is InChI=1S/C22H22N2O3S2/c25-20(16-8-4-5-9-17(16)21(26)27)23-15-10-11-18-19(12-15)29-22(24-18)28-13-14-6-2-1-3-7-14/h1-3,6-7,10-12,16-17H,4-5,8-9,13H2,(H,23,25)(H,26,27). The van der Waals surface area contributed by atoms with Gasteiger partial charge in [0.25, 0.3) is 0 Å². The van der Waals surface area contributed by atoms with Gasteiger partial charge in [0.15, 0.2) is 4.34 Å². The van der Waals surface area contributed by atoms with Crippen molar-refractivity contribution in [3.8, 4) is 0 Å². The molecule has 4 rings (SSSR count). The number of hydrogen-bond acceptors (Lipinski definition) is 5. The zero-order valence-electron chi connectivity index (χ0n) is 15.8. The lowest BCUT2D eigenvalue weighted by molar-refractivity contribution is -0.147. The van der Waals surface area contributed by atoms with Crippen molar-refractivity contribution < 1.29 is 14.7 Å². The first-order chi connectivity index (χ1) is 14.1. The van der Waals surface area contributed by atoms with Crippen LogP contribution in [0.25, 0.3) is 10.2 Å². The average Bonchev–Trinajstić information content (AvgIpc) is 3.15. The van der Waals surface area contributed by atoms with E-state index in [1.165, 1.54) is 5.56 Å². The number of carbonyl (C=O) groups excluding carboxylic acids is 1. The van der Waals surface area contributed by atoms with E-state index in [1.54, 1.807) is 23.1 Å². The summed E-state index contributed by atoms with van der Waals surface area (Å²) in [6, 6.07) is 15.9. The number of carbonyl (C=O) groups is 2. The van der Waals surface area contributed by atoms with Crippen molar-refractivity contribution in [2.24, 2.45) is 11.8 Å². The maximum absolute atomic E-state index is 12.7. The molecule has 3 aromatic rings. The molecule has 2 aromatic carbocycles. The summed E-state index contributed by atoms with van der Waals surface area (Å²) in [5.74, 6) is -1.25. The van der Waals surface area contributed by atoms with E-state index in [0.29, 0.717) is 18.5 Å². The normalized spacial score (nSPS) is 19.2. The van der Waals surface area contributed by atoms with Crippen LogP contribution in [0.3, 0.4) is 0 Å². The molecule has 1 aliphatic carbocycles. The number of carboxylic acids is 1. The van der Waals surface area contributed by atoms with Crippen molar-refractivity contribution in [2.45, 2.75) is 35.8 Å². The Morgan fingerprint density at radius 3 is 2.62 bits per heavy atom. The van der Waals surface area contributed by atoms with Gasteiger partial charge in [-0.15, -0.1) is 11.3 Å². The second-order valence-corrected chi connectivity index (χ2v) is 9.51. The first-order valence-electron chi connectivity index (χ1n) is 9.71. The zero-order chi connectivity index (χ0) is 20.2. The summed E-state index contributed by atoms with van der Waals surface area (Å²) in [4.78, 5) is 28.8. The molecule has 2 unspecified atom stereocenters. The average molecular weight is 427 g/mol. The van der Waals surface area contributed by atoms with E-state index in [1.807, 2.05) is 36.4 Å². The molecule has 0 bridgehead atoms. The molecule has 1 aromatic heterocycles. The first kappa shape index (κ1) is 19.9. The molecule has 0 saturated heterocycles. The molecule has 1 saturated carbocycles. The van der Waals surface area contributed by atoms with Crippen LogP contribution in [0.4, 0.5) is 5.69 Å². The van der Waals surface area contributed by atoms with Crippen LogP contribution in [0, 0.1) is 11.8 Å². The lowest BCUT2D eigenvalue weighted by atomic mass is 9.78. The van der Waals surface area contributed by atoms with Crippen LogP contribution >= 0.6 is 23.1 Å². The van der Waals surface area contributed by atoms with Crippen LogP contribution in [0.15, 0.2) is 52.9 Å². The Hall–Kier alpha value is -2.38. The van der Waals surface area contributed by atoms with Gasteiger partial charge in [-0.05, 0) is 36.6 Å². The third-order valence-corrected chi connectivity index (χ3v) is 7.49. The molecule has 2 atom stereocenters. The van der Waals surface area contributed by atoms with Gasteiger partial charge in [0.2, 0.25) is 5.91 Å². The Morgan fingerprint density at radius 1 is 1.10 bits per heavy atom. The molecule has 150 valence electrons. The smallest absolute Gasteiger partial charge is 0.307 e. The molecule has 5 nitrogen and oxygen atoms in total. The summed E-state index contributed by atoms with van der Waals surface area (Å²) < 4.78 is 2.00. The summed E-state index contributed by atoms with van der Waals surface area (Å²) in [6.07, 6.45) is 2.98. The van der Waals surface area contributed by atoms with Gasteiger partial charge in [-0.2, -0.15) is 0 Å². The number of amides is 1. The lowest BCUT2D eigenvalue weighted by Crippen LogP contribution is -2.36. The van der Waals surface area contributed by atoms with E-state index < -0.39 is 17.8 Å². The van der Waals surface area contributed by atoms with Gasteiger partial charge in [0, 0.05) is 11.4 Å². The van der Waals surface area contributed by atoms with Gasteiger partial charge in [-0.3, -0.25) is 9.59 Å². The van der Waals surface area contributed by atoms with Gasteiger partial charge in [0.1, 0.15) is 0 Å². The Labute approximate surface area is 177 Å². The Morgan fingerprint density at radius 2 is 1.86 bits per heavy atom. The fourth-order valence-electron chi connectivity index (χ4n) is 3.74. The number of hydrogen-bond donors (Lipinski definition) is 2. The Kier molecular flexibility index (Phi) is 6.16. The predicted molar refractivity (Wildman–Crippen MR) is 117 cm³/mol. The quantitative estimate of drug-likeness (QED) is 0.515. The van der Waals surface area contributed by atoms with Crippen molar-refractivity contribution in [1.82, 2.24) is 4.98 Å². The molecule has 0 aliphatic heterocycles. The maximum Gasteiger partial charge on any atom is 0.307 e. The highest BCUT2D eigenvalue weighted by atomic mass is 32.2. The fourth-order valence-corrected chi connectivity index (χ4v) is 5.80. The van der Waals surface area contributed by atoms with Gasteiger partial charge in [0.05, 0.1) is 22.1 Å². The van der Waals surface area contributed by atoms with Crippen molar-refractivity contribution in [1.29, 1.82) is 0 Å². The number of aromatic nitrogens is 1. The molecular weight excluding hydrogens is 404 g/mol.